The average molecular weight is 526 g/mol. The molecule has 3 rings (SSSR count). The Morgan fingerprint density at radius 2 is 1.47 bits per heavy atom. The number of nitrogens with zero attached hydrogens (tertiary/aromatic N) is 1. The van der Waals surface area contributed by atoms with E-state index >= 15 is 0 Å². The second-order valence-corrected chi connectivity index (χ2v) is 9.73. The molecule has 0 bridgehead atoms. The van der Waals surface area contributed by atoms with Gasteiger partial charge in [0.15, 0.2) is 0 Å². The highest BCUT2D eigenvalue weighted by Crippen LogP contribution is 2.30. The van der Waals surface area contributed by atoms with Crippen LogP contribution in [0, 0.1) is 0 Å². The largest absolute Gasteiger partial charge is 0.354 e. The van der Waals surface area contributed by atoms with E-state index in [1.165, 1.54) is 0 Å². The van der Waals surface area contributed by atoms with Crippen molar-refractivity contribution in [2.75, 3.05) is 6.54 Å². The lowest BCUT2D eigenvalue weighted by Gasteiger charge is -2.32. The van der Waals surface area contributed by atoms with Crippen LogP contribution in [0.15, 0.2) is 78.9 Å². The molecule has 0 spiro atoms. The van der Waals surface area contributed by atoms with Crippen molar-refractivity contribution in [2.45, 2.75) is 58.0 Å². The molecule has 1 unspecified atom stereocenters. The number of halogens is 2. The van der Waals surface area contributed by atoms with Crippen LogP contribution in [-0.4, -0.2) is 29.3 Å². The molecular weight excluding hydrogens is 491 g/mol. The van der Waals surface area contributed by atoms with Crippen LogP contribution >= 0.6 is 23.2 Å². The van der Waals surface area contributed by atoms with Gasteiger partial charge < -0.3 is 10.2 Å². The van der Waals surface area contributed by atoms with Gasteiger partial charge in [0, 0.05) is 25.4 Å². The van der Waals surface area contributed by atoms with Crippen LogP contribution in [0.1, 0.15) is 62.1 Å². The van der Waals surface area contributed by atoms with Crippen molar-refractivity contribution < 1.29 is 9.59 Å². The standard InChI is InChI=1S/C30H34Cl2N2O2/c1-3-5-18-33-30(36)28(4-2)34(21-22-16-17-26(31)27(32)19-22)29(35)20-25(23-12-8-6-9-13-23)24-14-10-7-11-15-24/h6-17,19,25,28H,3-5,18,20-21H2,1-2H3,(H,33,36). The molecule has 0 aliphatic rings. The van der Waals surface area contributed by atoms with Crippen molar-refractivity contribution in [3.8, 4) is 0 Å². The zero-order chi connectivity index (χ0) is 25.9. The van der Waals surface area contributed by atoms with Crippen LogP contribution < -0.4 is 5.32 Å². The Morgan fingerprint density at radius 3 is 2.00 bits per heavy atom. The Labute approximate surface area is 224 Å². The molecule has 0 heterocycles. The molecule has 190 valence electrons. The maximum atomic E-state index is 14.0. The molecule has 0 aliphatic heterocycles. The van der Waals surface area contributed by atoms with Crippen LogP contribution in [0.25, 0.3) is 0 Å². The van der Waals surface area contributed by atoms with Crippen LogP contribution in [0.3, 0.4) is 0 Å². The molecule has 3 aromatic rings. The number of carbonyl (C=O) groups excluding carboxylic acids is 2. The van der Waals surface area contributed by atoms with Gasteiger partial charge in [-0.2, -0.15) is 0 Å². The minimum atomic E-state index is -0.587. The van der Waals surface area contributed by atoms with Crippen molar-refractivity contribution in [3.63, 3.8) is 0 Å². The van der Waals surface area contributed by atoms with E-state index in [4.69, 9.17) is 23.2 Å². The molecule has 6 heteroatoms. The number of hydrogen-bond acceptors (Lipinski definition) is 2. The monoisotopic (exact) mass is 524 g/mol. The minimum Gasteiger partial charge on any atom is -0.354 e. The fourth-order valence-corrected chi connectivity index (χ4v) is 4.67. The van der Waals surface area contributed by atoms with E-state index in [9.17, 15) is 9.59 Å². The van der Waals surface area contributed by atoms with Gasteiger partial charge in [-0.05, 0) is 41.7 Å². The number of unbranched alkanes of at least 4 members (excludes halogenated alkanes) is 1. The molecule has 2 amide bonds. The third kappa shape index (κ3) is 7.59. The molecule has 0 radical (unpaired) electrons. The van der Waals surface area contributed by atoms with Crippen molar-refractivity contribution in [3.05, 3.63) is 106 Å². The predicted molar refractivity (Wildman–Crippen MR) is 148 cm³/mol. The Morgan fingerprint density at radius 1 is 0.861 bits per heavy atom. The summed E-state index contributed by atoms with van der Waals surface area (Å²) in [7, 11) is 0. The summed E-state index contributed by atoms with van der Waals surface area (Å²) >= 11 is 12.4. The highest BCUT2D eigenvalue weighted by atomic mass is 35.5. The van der Waals surface area contributed by atoms with E-state index in [-0.39, 0.29) is 30.7 Å². The van der Waals surface area contributed by atoms with Gasteiger partial charge in [-0.1, -0.05) is 110 Å². The number of benzene rings is 3. The molecule has 0 saturated carbocycles. The van der Waals surface area contributed by atoms with Crippen LogP contribution in [0.2, 0.25) is 10.0 Å². The molecule has 3 aromatic carbocycles. The zero-order valence-corrected chi connectivity index (χ0v) is 22.4. The number of nitrogens with one attached hydrogen (secondary N) is 1. The molecule has 0 aliphatic carbocycles. The first kappa shape index (κ1) is 27.8. The molecule has 0 saturated heterocycles. The zero-order valence-electron chi connectivity index (χ0n) is 20.9. The summed E-state index contributed by atoms with van der Waals surface area (Å²) in [5.41, 5.74) is 2.95. The molecular formula is C30H34Cl2N2O2. The van der Waals surface area contributed by atoms with Crippen LogP contribution in [0.5, 0.6) is 0 Å². The maximum Gasteiger partial charge on any atom is 0.242 e. The summed E-state index contributed by atoms with van der Waals surface area (Å²) in [5, 5.41) is 3.89. The maximum absolute atomic E-state index is 14.0. The summed E-state index contributed by atoms with van der Waals surface area (Å²) in [4.78, 5) is 28.9. The second kappa shape index (κ2) is 14.1. The molecule has 0 aromatic heterocycles. The van der Waals surface area contributed by atoms with Crippen molar-refractivity contribution in [1.29, 1.82) is 0 Å². The lowest BCUT2D eigenvalue weighted by atomic mass is 9.88. The lowest BCUT2D eigenvalue weighted by molar-refractivity contribution is -0.141. The summed E-state index contributed by atoms with van der Waals surface area (Å²) in [6.07, 6.45) is 2.63. The van der Waals surface area contributed by atoms with Gasteiger partial charge >= 0.3 is 0 Å². The van der Waals surface area contributed by atoms with Crippen LogP contribution in [0.4, 0.5) is 0 Å². The highest BCUT2D eigenvalue weighted by Gasteiger charge is 2.30. The number of hydrogen-bond donors (Lipinski definition) is 1. The van der Waals surface area contributed by atoms with Gasteiger partial charge in [-0.25, -0.2) is 0 Å². The third-order valence-electron chi connectivity index (χ3n) is 6.34. The second-order valence-electron chi connectivity index (χ2n) is 8.92. The number of amides is 2. The van der Waals surface area contributed by atoms with Gasteiger partial charge in [0.2, 0.25) is 11.8 Å². The molecule has 4 nitrogen and oxygen atoms in total. The molecule has 0 fully saturated rings. The Balaban J connectivity index is 1.94. The lowest BCUT2D eigenvalue weighted by Crippen LogP contribution is -2.49. The van der Waals surface area contributed by atoms with Crippen molar-refractivity contribution in [2.24, 2.45) is 0 Å². The Bertz CT molecular complexity index is 1080. The minimum absolute atomic E-state index is 0.0868. The first-order valence-corrected chi connectivity index (χ1v) is 13.3. The predicted octanol–water partition coefficient (Wildman–Crippen LogP) is 7.24. The summed E-state index contributed by atoms with van der Waals surface area (Å²) in [5.74, 6) is -0.344. The SMILES string of the molecule is CCCCNC(=O)C(CC)N(Cc1ccc(Cl)c(Cl)c1)C(=O)CC(c1ccccc1)c1ccccc1. The van der Waals surface area contributed by atoms with Gasteiger partial charge in [0.25, 0.3) is 0 Å². The summed E-state index contributed by atoms with van der Waals surface area (Å²) in [6.45, 7) is 4.88. The van der Waals surface area contributed by atoms with Gasteiger partial charge in [0.05, 0.1) is 10.0 Å². The average Bonchev–Trinajstić information content (AvgIpc) is 2.90. The van der Waals surface area contributed by atoms with E-state index in [0.29, 0.717) is 23.0 Å². The van der Waals surface area contributed by atoms with Gasteiger partial charge in [-0.3, -0.25) is 9.59 Å². The Hall–Kier alpha value is -2.82. The van der Waals surface area contributed by atoms with Crippen molar-refractivity contribution >= 4 is 35.0 Å². The van der Waals surface area contributed by atoms with E-state index in [1.54, 1.807) is 17.0 Å². The van der Waals surface area contributed by atoms with E-state index in [2.05, 4.69) is 12.2 Å². The Kier molecular flexibility index (Phi) is 10.8. The summed E-state index contributed by atoms with van der Waals surface area (Å²) in [6, 6.07) is 24.8. The molecule has 36 heavy (non-hydrogen) atoms. The summed E-state index contributed by atoms with van der Waals surface area (Å²) < 4.78 is 0. The van der Waals surface area contributed by atoms with E-state index in [1.807, 2.05) is 73.7 Å². The smallest absolute Gasteiger partial charge is 0.242 e. The van der Waals surface area contributed by atoms with E-state index < -0.39 is 6.04 Å². The number of carbonyl (C=O) groups is 2. The van der Waals surface area contributed by atoms with Gasteiger partial charge in [-0.15, -0.1) is 0 Å². The first-order chi connectivity index (χ1) is 17.4. The fraction of sp³-hybridized carbons (Fsp3) is 0.333. The number of rotatable bonds is 12. The first-order valence-electron chi connectivity index (χ1n) is 12.6. The topological polar surface area (TPSA) is 49.4 Å². The molecule has 1 N–H and O–H groups in total. The van der Waals surface area contributed by atoms with E-state index in [0.717, 1.165) is 29.5 Å². The van der Waals surface area contributed by atoms with Gasteiger partial charge in [0.1, 0.15) is 6.04 Å². The van der Waals surface area contributed by atoms with Crippen LogP contribution in [-0.2, 0) is 16.1 Å². The fourth-order valence-electron chi connectivity index (χ4n) is 4.35. The third-order valence-corrected chi connectivity index (χ3v) is 7.07. The molecule has 1 atom stereocenters. The highest BCUT2D eigenvalue weighted by molar-refractivity contribution is 6.42. The normalized spacial score (nSPS) is 11.8. The van der Waals surface area contributed by atoms with Crippen molar-refractivity contribution in [1.82, 2.24) is 10.2 Å². The quantitative estimate of drug-likeness (QED) is 0.254.